The van der Waals surface area contributed by atoms with Crippen molar-refractivity contribution in [3.8, 4) is 0 Å². The van der Waals surface area contributed by atoms with Crippen molar-refractivity contribution in [3.05, 3.63) is 54.4 Å². The smallest absolute Gasteiger partial charge is 0.242 e. The third-order valence-corrected chi connectivity index (χ3v) is 8.35. The largest absolute Gasteiger partial charge is 0.369 e. The monoisotopic (exact) mass is 498 g/mol. The van der Waals surface area contributed by atoms with Crippen molar-refractivity contribution in [2.75, 3.05) is 58.3 Å². The van der Waals surface area contributed by atoms with Gasteiger partial charge in [-0.25, -0.2) is 17.7 Å². The maximum atomic E-state index is 12.4. The summed E-state index contributed by atoms with van der Waals surface area (Å²) in [4.78, 5) is 22.0. The molecular weight excluding hydrogens is 464 g/mol. The van der Waals surface area contributed by atoms with Gasteiger partial charge in [0, 0.05) is 78.9 Å². The first kappa shape index (κ1) is 25.2. The van der Waals surface area contributed by atoms with Gasteiger partial charge in [0.1, 0.15) is 5.82 Å². The molecule has 0 aliphatic carbocycles. The average molecular weight is 499 g/mol. The lowest BCUT2D eigenvalue weighted by Gasteiger charge is -2.36. The van der Waals surface area contributed by atoms with Crippen LogP contribution in [0.4, 0.5) is 5.69 Å². The van der Waals surface area contributed by atoms with Crippen LogP contribution in [0, 0.1) is 0 Å². The van der Waals surface area contributed by atoms with Crippen LogP contribution in [0.2, 0.25) is 0 Å². The zero-order chi connectivity index (χ0) is 25.0. The number of hydrogen-bond donors (Lipinski definition) is 1. The number of carbonyl (C=O) groups excluding carboxylic acids is 1. The molecule has 35 heavy (non-hydrogen) atoms. The highest BCUT2D eigenvalue weighted by Gasteiger charge is 2.20. The molecule has 1 aliphatic heterocycles. The zero-order valence-corrected chi connectivity index (χ0v) is 21.5. The van der Waals surface area contributed by atoms with E-state index in [1.807, 2.05) is 17.7 Å². The van der Waals surface area contributed by atoms with Gasteiger partial charge in [-0.1, -0.05) is 18.2 Å². The fraction of sp³-hybridized carbons (Fsp3) is 0.440. The molecule has 10 heteroatoms. The van der Waals surface area contributed by atoms with E-state index in [0.717, 1.165) is 44.1 Å². The zero-order valence-electron chi connectivity index (χ0n) is 20.6. The topological polar surface area (TPSA) is 90.8 Å². The Morgan fingerprint density at radius 1 is 1.06 bits per heavy atom. The van der Waals surface area contributed by atoms with Crippen LogP contribution >= 0.6 is 0 Å². The lowest BCUT2D eigenvalue weighted by atomic mass is 10.2. The van der Waals surface area contributed by atoms with Gasteiger partial charge in [0.2, 0.25) is 15.9 Å². The second-order valence-corrected chi connectivity index (χ2v) is 11.2. The summed E-state index contributed by atoms with van der Waals surface area (Å²) in [6, 6.07) is 15.4. The summed E-state index contributed by atoms with van der Waals surface area (Å²) in [6.45, 7) is 5.40. The van der Waals surface area contributed by atoms with Crippen molar-refractivity contribution in [2.24, 2.45) is 7.05 Å². The van der Waals surface area contributed by atoms with Gasteiger partial charge in [-0.2, -0.15) is 0 Å². The van der Waals surface area contributed by atoms with Crippen molar-refractivity contribution in [3.63, 3.8) is 0 Å². The van der Waals surface area contributed by atoms with Crippen LogP contribution in [0.25, 0.3) is 11.0 Å². The summed E-state index contributed by atoms with van der Waals surface area (Å²) in [6.07, 6.45) is 0.824. The van der Waals surface area contributed by atoms with Crippen molar-refractivity contribution in [1.82, 2.24) is 24.1 Å². The van der Waals surface area contributed by atoms with Crippen LogP contribution in [0.3, 0.4) is 0 Å². The van der Waals surface area contributed by atoms with Crippen molar-refractivity contribution in [2.45, 2.75) is 17.7 Å². The summed E-state index contributed by atoms with van der Waals surface area (Å²) >= 11 is 0. The van der Waals surface area contributed by atoms with Crippen molar-refractivity contribution < 1.29 is 13.2 Å². The minimum Gasteiger partial charge on any atom is -0.369 e. The molecule has 0 radical (unpaired) electrons. The average Bonchev–Trinajstić information content (AvgIpc) is 3.18. The molecule has 1 saturated heterocycles. The predicted molar refractivity (Wildman–Crippen MR) is 138 cm³/mol. The molecule has 1 fully saturated rings. The van der Waals surface area contributed by atoms with Gasteiger partial charge in [0.15, 0.2) is 0 Å². The number of rotatable bonds is 9. The molecule has 0 spiro atoms. The number of para-hydroxylation sites is 1. The number of benzene rings is 2. The van der Waals surface area contributed by atoms with E-state index in [4.69, 9.17) is 0 Å². The number of aromatic nitrogens is 2. The SMILES string of the molecule is CN(C)S(=O)(=O)c1ccc2c(c1)nc(CCC(=O)NCCN1CCN(c3ccccc3)CC1)n2C. The molecule has 2 heterocycles. The van der Waals surface area contributed by atoms with Crippen LogP contribution in [0.5, 0.6) is 0 Å². The summed E-state index contributed by atoms with van der Waals surface area (Å²) in [5, 5.41) is 3.02. The summed E-state index contributed by atoms with van der Waals surface area (Å²) in [5.41, 5.74) is 2.71. The molecule has 0 atom stereocenters. The minimum atomic E-state index is -3.52. The molecule has 188 valence electrons. The second kappa shape index (κ2) is 10.8. The van der Waals surface area contributed by atoms with Gasteiger partial charge < -0.3 is 14.8 Å². The van der Waals surface area contributed by atoms with E-state index in [1.54, 1.807) is 18.2 Å². The van der Waals surface area contributed by atoms with Gasteiger partial charge in [0.25, 0.3) is 0 Å². The highest BCUT2D eigenvalue weighted by Crippen LogP contribution is 2.22. The van der Waals surface area contributed by atoms with E-state index in [0.29, 0.717) is 24.9 Å². The highest BCUT2D eigenvalue weighted by molar-refractivity contribution is 7.89. The van der Waals surface area contributed by atoms with E-state index < -0.39 is 10.0 Å². The van der Waals surface area contributed by atoms with Gasteiger partial charge in [-0.3, -0.25) is 9.69 Å². The normalized spacial score (nSPS) is 15.1. The Morgan fingerprint density at radius 2 is 1.77 bits per heavy atom. The van der Waals surface area contributed by atoms with Gasteiger partial charge in [-0.05, 0) is 30.3 Å². The Bertz CT molecular complexity index is 1270. The summed E-state index contributed by atoms with van der Waals surface area (Å²) in [7, 11) is 1.38. The molecule has 1 aromatic heterocycles. The Morgan fingerprint density at radius 3 is 2.46 bits per heavy atom. The maximum Gasteiger partial charge on any atom is 0.242 e. The molecule has 2 aromatic carbocycles. The van der Waals surface area contributed by atoms with Gasteiger partial charge in [-0.15, -0.1) is 0 Å². The van der Waals surface area contributed by atoms with E-state index in [-0.39, 0.29) is 10.8 Å². The molecule has 0 saturated carbocycles. The molecule has 1 aliphatic rings. The Balaban J connectivity index is 1.24. The van der Waals surface area contributed by atoms with E-state index >= 15 is 0 Å². The Kier molecular flexibility index (Phi) is 7.73. The van der Waals surface area contributed by atoms with Crippen LogP contribution in [0.1, 0.15) is 12.2 Å². The molecule has 1 N–H and O–H groups in total. The highest BCUT2D eigenvalue weighted by atomic mass is 32.2. The van der Waals surface area contributed by atoms with E-state index in [2.05, 4.69) is 44.4 Å². The first-order valence-corrected chi connectivity index (χ1v) is 13.4. The number of sulfonamides is 1. The third kappa shape index (κ3) is 5.83. The minimum absolute atomic E-state index is 0.00384. The molecule has 1 amide bonds. The number of fused-ring (bicyclic) bond motifs is 1. The standard InChI is InChI=1S/C25H34N6O3S/c1-28(2)35(33,34)21-9-10-23-22(19-21)27-24(29(23)3)11-12-25(32)26-13-14-30-15-17-31(18-16-30)20-7-5-4-6-8-20/h4-10,19H,11-18H2,1-3H3,(H,26,32). The molecule has 3 aromatic rings. The Labute approximate surface area is 207 Å². The molecule has 9 nitrogen and oxygen atoms in total. The number of nitrogens with one attached hydrogen (secondary N) is 1. The van der Waals surface area contributed by atoms with Crippen LogP contribution in [-0.2, 0) is 28.3 Å². The number of anilines is 1. The van der Waals surface area contributed by atoms with E-state index in [9.17, 15) is 13.2 Å². The lowest BCUT2D eigenvalue weighted by molar-refractivity contribution is -0.121. The fourth-order valence-corrected chi connectivity index (χ4v) is 5.28. The number of aryl methyl sites for hydroxylation is 2. The Hall–Kier alpha value is -2.95. The quantitative estimate of drug-likeness (QED) is 0.483. The number of imidazole rings is 1. The number of hydrogen-bond acceptors (Lipinski definition) is 6. The number of nitrogens with zero attached hydrogens (tertiary/aromatic N) is 5. The first-order chi connectivity index (χ1) is 16.8. The van der Waals surface area contributed by atoms with Crippen molar-refractivity contribution in [1.29, 1.82) is 0 Å². The number of amides is 1. The number of piperazine rings is 1. The molecular formula is C25H34N6O3S. The third-order valence-electron chi connectivity index (χ3n) is 6.54. The maximum absolute atomic E-state index is 12.4. The van der Waals surface area contributed by atoms with Crippen molar-refractivity contribution >= 4 is 32.7 Å². The van der Waals surface area contributed by atoms with Gasteiger partial charge >= 0.3 is 0 Å². The predicted octanol–water partition coefficient (Wildman–Crippen LogP) is 1.69. The number of carbonyl (C=O) groups is 1. The lowest BCUT2D eigenvalue weighted by Crippen LogP contribution is -2.48. The van der Waals surface area contributed by atoms with Crippen LogP contribution < -0.4 is 10.2 Å². The summed E-state index contributed by atoms with van der Waals surface area (Å²) < 4.78 is 27.9. The summed E-state index contributed by atoms with van der Waals surface area (Å²) in [5.74, 6) is 0.752. The van der Waals surface area contributed by atoms with Crippen LogP contribution in [-0.4, -0.2) is 86.4 Å². The second-order valence-electron chi connectivity index (χ2n) is 9.04. The molecule has 4 rings (SSSR count). The van der Waals surface area contributed by atoms with Gasteiger partial charge in [0.05, 0.1) is 15.9 Å². The first-order valence-electron chi connectivity index (χ1n) is 11.9. The van der Waals surface area contributed by atoms with E-state index in [1.165, 1.54) is 24.1 Å². The van der Waals surface area contributed by atoms with Crippen LogP contribution in [0.15, 0.2) is 53.4 Å². The molecule has 0 unspecified atom stereocenters. The molecule has 0 bridgehead atoms. The fourth-order valence-electron chi connectivity index (χ4n) is 4.36.